The number of esters is 1. The highest BCUT2D eigenvalue weighted by atomic mass is 35.5. The lowest BCUT2D eigenvalue weighted by atomic mass is 10.2. The van der Waals surface area contributed by atoms with Gasteiger partial charge in [0.05, 0.1) is 29.5 Å². The summed E-state index contributed by atoms with van der Waals surface area (Å²) in [4.78, 5) is 10.9. The van der Waals surface area contributed by atoms with E-state index in [2.05, 4.69) is 10.1 Å². The SMILES string of the molecule is COC(=O)CCCNc1cc(C#N)ccc1Cl. The molecular formula is C12H13ClN2O2. The predicted octanol–water partition coefficient (Wildman–Crippen LogP) is 2.58. The van der Waals surface area contributed by atoms with Crippen LogP contribution in [0.15, 0.2) is 18.2 Å². The molecule has 1 aromatic carbocycles. The molecule has 0 fully saturated rings. The Bertz CT molecular complexity index is 441. The van der Waals surface area contributed by atoms with Crippen LogP contribution in [0.3, 0.4) is 0 Å². The Kier molecular flexibility index (Phi) is 5.31. The van der Waals surface area contributed by atoms with Gasteiger partial charge in [-0.3, -0.25) is 4.79 Å². The van der Waals surface area contributed by atoms with Gasteiger partial charge in [0.1, 0.15) is 0 Å². The summed E-state index contributed by atoms with van der Waals surface area (Å²) in [5.74, 6) is -0.233. The number of rotatable bonds is 5. The summed E-state index contributed by atoms with van der Waals surface area (Å²) >= 11 is 5.96. The first-order valence-corrected chi connectivity index (χ1v) is 5.55. The summed E-state index contributed by atoms with van der Waals surface area (Å²) in [6, 6.07) is 7.04. The highest BCUT2D eigenvalue weighted by Crippen LogP contribution is 2.22. The molecule has 0 spiro atoms. The number of hydrogen-bond acceptors (Lipinski definition) is 4. The van der Waals surface area contributed by atoms with Gasteiger partial charge in [-0.25, -0.2) is 0 Å². The van der Waals surface area contributed by atoms with Gasteiger partial charge in [0.25, 0.3) is 0 Å². The maximum atomic E-state index is 10.9. The van der Waals surface area contributed by atoms with Crippen molar-refractivity contribution in [2.75, 3.05) is 19.0 Å². The summed E-state index contributed by atoms with van der Waals surface area (Å²) < 4.78 is 4.53. The molecule has 0 aromatic heterocycles. The van der Waals surface area contributed by atoms with Crippen LogP contribution in [-0.4, -0.2) is 19.6 Å². The molecule has 0 bridgehead atoms. The topological polar surface area (TPSA) is 62.1 Å². The fourth-order valence-corrected chi connectivity index (χ4v) is 1.47. The molecule has 0 saturated heterocycles. The Hall–Kier alpha value is -1.73. The molecule has 4 nitrogen and oxygen atoms in total. The second-order valence-corrected chi connectivity index (χ2v) is 3.82. The summed E-state index contributed by atoms with van der Waals surface area (Å²) in [5.41, 5.74) is 1.25. The Labute approximate surface area is 105 Å². The van der Waals surface area contributed by atoms with Gasteiger partial charge in [-0.05, 0) is 24.6 Å². The number of nitrogens with one attached hydrogen (secondary N) is 1. The maximum Gasteiger partial charge on any atom is 0.305 e. The summed E-state index contributed by atoms with van der Waals surface area (Å²) in [5, 5.41) is 12.4. The number of carbonyl (C=O) groups excluding carboxylic acids is 1. The first-order chi connectivity index (χ1) is 8.17. The quantitative estimate of drug-likeness (QED) is 0.646. The molecule has 0 saturated carbocycles. The van der Waals surface area contributed by atoms with Crippen LogP contribution in [-0.2, 0) is 9.53 Å². The van der Waals surface area contributed by atoms with Gasteiger partial charge >= 0.3 is 5.97 Å². The number of benzene rings is 1. The van der Waals surface area contributed by atoms with Crippen molar-refractivity contribution >= 4 is 23.3 Å². The van der Waals surface area contributed by atoms with Crippen LogP contribution in [0.5, 0.6) is 0 Å². The van der Waals surface area contributed by atoms with Gasteiger partial charge in [0.15, 0.2) is 0 Å². The summed E-state index contributed by atoms with van der Waals surface area (Å²) in [6.45, 7) is 0.601. The van der Waals surface area contributed by atoms with Crippen molar-refractivity contribution in [2.24, 2.45) is 0 Å². The highest BCUT2D eigenvalue weighted by Gasteiger charge is 2.03. The van der Waals surface area contributed by atoms with Crippen LogP contribution >= 0.6 is 11.6 Å². The second kappa shape index (κ2) is 6.77. The summed E-state index contributed by atoms with van der Waals surface area (Å²) in [6.07, 6.45) is 1.01. The molecule has 0 heterocycles. The molecule has 5 heteroatoms. The Balaban J connectivity index is 2.46. The van der Waals surface area contributed by atoms with Crippen LogP contribution in [0.25, 0.3) is 0 Å². The van der Waals surface area contributed by atoms with E-state index in [0.29, 0.717) is 35.7 Å². The number of anilines is 1. The van der Waals surface area contributed by atoms with Gasteiger partial charge in [0.2, 0.25) is 0 Å². The Morgan fingerprint density at radius 2 is 2.35 bits per heavy atom. The maximum absolute atomic E-state index is 10.9. The molecule has 0 aliphatic carbocycles. The molecule has 0 aliphatic rings. The molecule has 1 N–H and O–H groups in total. The lowest BCUT2D eigenvalue weighted by molar-refractivity contribution is -0.140. The van der Waals surface area contributed by atoms with Crippen molar-refractivity contribution < 1.29 is 9.53 Å². The average Bonchev–Trinajstić information content (AvgIpc) is 2.36. The van der Waals surface area contributed by atoms with Crippen LogP contribution < -0.4 is 5.32 Å². The van der Waals surface area contributed by atoms with E-state index in [1.165, 1.54) is 7.11 Å². The predicted molar refractivity (Wildman–Crippen MR) is 65.9 cm³/mol. The molecule has 0 amide bonds. The molecule has 90 valence electrons. The first-order valence-electron chi connectivity index (χ1n) is 5.17. The number of ether oxygens (including phenoxy) is 1. The molecule has 0 atom stereocenters. The smallest absolute Gasteiger partial charge is 0.305 e. The zero-order valence-corrected chi connectivity index (χ0v) is 10.3. The largest absolute Gasteiger partial charge is 0.469 e. The number of nitriles is 1. The van der Waals surface area contributed by atoms with Crippen molar-refractivity contribution in [1.29, 1.82) is 5.26 Å². The van der Waals surface area contributed by atoms with E-state index in [9.17, 15) is 4.79 Å². The van der Waals surface area contributed by atoms with Crippen molar-refractivity contribution in [2.45, 2.75) is 12.8 Å². The summed E-state index contributed by atoms with van der Waals surface area (Å²) in [7, 11) is 1.36. The van der Waals surface area contributed by atoms with Gasteiger partial charge in [0, 0.05) is 13.0 Å². The Morgan fingerprint density at radius 3 is 3.00 bits per heavy atom. The second-order valence-electron chi connectivity index (χ2n) is 3.41. The average molecular weight is 253 g/mol. The molecular weight excluding hydrogens is 240 g/mol. The fraction of sp³-hybridized carbons (Fsp3) is 0.333. The lowest BCUT2D eigenvalue weighted by Crippen LogP contribution is -2.06. The first kappa shape index (κ1) is 13.3. The number of carbonyl (C=O) groups is 1. The fourth-order valence-electron chi connectivity index (χ4n) is 1.29. The van der Waals surface area contributed by atoms with Crippen molar-refractivity contribution in [3.8, 4) is 6.07 Å². The zero-order valence-electron chi connectivity index (χ0n) is 9.50. The Morgan fingerprint density at radius 1 is 1.59 bits per heavy atom. The molecule has 1 rings (SSSR count). The molecule has 0 unspecified atom stereocenters. The molecule has 0 radical (unpaired) electrons. The van der Waals surface area contributed by atoms with Crippen molar-refractivity contribution in [1.82, 2.24) is 0 Å². The van der Waals surface area contributed by atoms with Crippen LogP contribution in [0.1, 0.15) is 18.4 Å². The van der Waals surface area contributed by atoms with Gasteiger partial charge in [-0.2, -0.15) is 5.26 Å². The van der Waals surface area contributed by atoms with Crippen molar-refractivity contribution in [3.05, 3.63) is 28.8 Å². The number of hydrogen-bond donors (Lipinski definition) is 1. The minimum Gasteiger partial charge on any atom is -0.469 e. The van der Waals surface area contributed by atoms with Gasteiger partial charge in [-0.15, -0.1) is 0 Å². The van der Waals surface area contributed by atoms with Crippen LogP contribution in [0.2, 0.25) is 5.02 Å². The minimum absolute atomic E-state index is 0.233. The van der Waals surface area contributed by atoms with Crippen molar-refractivity contribution in [3.63, 3.8) is 0 Å². The monoisotopic (exact) mass is 252 g/mol. The normalized spacial score (nSPS) is 9.47. The lowest BCUT2D eigenvalue weighted by Gasteiger charge is -2.08. The molecule has 0 aliphatic heterocycles. The van der Waals surface area contributed by atoms with Crippen LogP contribution in [0.4, 0.5) is 5.69 Å². The molecule has 1 aromatic rings. The van der Waals surface area contributed by atoms with Gasteiger partial charge < -0.3 is 10.1 Å². The molecule has 17 heavy (non-hydrogen) atoms. The third-order valence-corrected chi connectivity index (χ3v) is 2.53. The van der Waals surface area contributed by atoms with E-state index < -0.39 is 0 Å². The van der Waals surface area contributed by atoms with E-state index in [4.69, 9.17) is 16.9 Å². The zero-order chi connectivity index (χ0) is 12.7. The van der Waals surface area contributed by atoms with E-state index >= 15 is 0 Å². The number of halogens is 1. The number of nitrogens with zero attached hydrogens (tertiary/aromatic N) is 1. The highest BCUT2D eigenvalue weighted by molar-refractivity contribution is 6.33. The number of methoxy groups -OCH3 is 1. The minimum atomic E-state index is -0.233. The van der Waals surface area contributed by atoms with E-state index in [-0.39, 0.29) is 5.97 Å². The van der Waals surface area contributed by atoms with E-state index in [1.807, 2.05) is 6.07 Å². The third-order valence-electron chi connectivity index (χ3n) is 2.20. The standard InChI is InChI=1S/C12H13ClN2O2/c1-17-12(16)3-2-6-15-11-7-9(8-14)4-5-10(11)13/h4-5,7,15H,2-3,6H2,1H3. The third kappa shape index (κ3) is 4.33. The van der Waals surface area contributed by atoms with Crippen LogP contribution in [0, 0.1) is 11.3 Å². The van der Waals surface area contributed by atoms with E-state index in [1.54, 1.807) is 18.2 Å². The van der Waals surface area contributed by atoms with E-state index in [0.717, 1.165) is 0 Å². The van der Waals surface area contributed by atoms with Gasteiger partial charge in [-0.1, -0.05) is 11.6 Å².